The van der Waals surface area contributed by atoms with E-state index in [1.807, 2.05) is 67.6 Å². The summed E-state index contributed by atoms with van der Waals surface area (Å²) < 4.78 is 5.38. The van der Waals surface area contributed by atoms with Crippen LogP contribution in [0.15, 0.2) is 73.1 Å². The number of aromatic nitrogens is 1. The summed E-state index contributed by atoms with van der Waals surface area (Å²) in [6, 6.07) is 19.5. The molecule has 0 saturated heterocycles. The van der Waals surface area contributed by atoms with Crippen molar-refractivity contribution in [3.8, 4) is 5.75 Å². The topological polar surface area (TPSA) is 51.2 Å². The maximum atomic E-state index is 13.1. The van der Waals surface area contributed by atoms with Gasteiger partial charge < -0.3 is 10.1 Å². The lowest BCUT2D eigenvalue weighted by molar-refractivity contribution is -0.117. The van der Waals surface area contributed by atoms with Gasteiger partial charge in [0, 0.05) is 12.4 Å². The van der Waals surface area contributed by atoms with Crippen molar-refractivity contribution in [1.82, 2.24) is 4.98 Å². The van der Waals surface area contributed by atoms with E-state index in [4.69, 9.17) is 4.74 Å². The van der Waals surface area contributed by atoms with Crippen LogP contribution < -0.4 is 10.1 Å². The van der Waals surface area contributed by atoms with Crippen LogP contribution in [-0.2, 0) is 11.2 Å². The molecule has 0 saturated carbocycles. The number of anilines is 1. The highest BCUT2D eigenvalue weighted by atomic mass is 16.5. The van der Waals surface area contributed by atoms with Gasteiger partial charge in [0.1, 0.15) is 5.75 Å². The van der Waals surface area contributed by atoms with E-state index in [2.05, 4.69) is 10.3 Å². The summed E-state index contributed by atoms with van der Waals surface area (Å²) in [7, 11) is 1.60. The standard InChI is InChI=1S/C22H22N2O2/c1-16-8-9-21(26-2)20(14-16)24-22(25)19(18-6-4-3-5-7-18)15-17-10-12-23-13-11-17/h3-14,19H,15H2,1-2H3,(H,24,25). The number of amides is 1. The SMILES string of the molecule is COc1ccc(C)cc1NC(=O)C(Cc1ccncc1)c1ccccc1. The first-order valence-corrected chi connectivity index (χ1v) is 8.56. The lowest BCUT2D eigenvalue weighted by Crippen LogP contribution is -2.23. The number of rotatable bonds is 6. The van der Waals surface area contributed by atoms with E-state index >= 15 is 0 Å². The molecule has 2 aromatic carbocycles. The highest BCUT2D eigenvalue weighted by molar-refractivity contribution is 5.97. The molecule has 0 bridgehead atoms. The van der Waals surface area contributed by atoms with Gasteiger partial charge in [0.2, 0.25) is 5.91 Å². The first-order valence-electron chi connectivity index (χ1n) is 8.56. The van der Waals surface area contributed by atoms with Gasteiger partial charge >= 0.3 is 0 Å². The largest absolute Gasteiger partial charge is 0.495 e. The Morgan fingerprint density at radius 3 is 2.50 bits per heavy atom. The number of ether oxygens (including phenoxy) is 1. The second kappa shape index (κ2) is 8.30. The van der Waals surface area contributed by atoms with Gasteiger partial charge in [-0.1, -0.05) is 36.4 Å². The van der Waals surface area contributed by atoms with Crippen LogP contribution in [0.2, 0.25) is 0 Å². The van der Waals surface area contributed by atoms with E-state index in [9.17, 15) is 4.79 Å². The second-order valence-electron chi connectivity index (χ2n) is 6.22. The number of hydrogen-bond donors (Lipinski definition) is 1. The summed E-state index contributed by atoms with van der Waals surface area (Å²) >= 11 is 0. The fourth-order valence-corrected chi connectivity index (χ4v) is 2.94. The van der Waals surface area contributed by atoms with Crippen molar-refractivity contribution in [3.05, 3.63) is 89.7 Å². The third-order valence-electron chi connectivity index (χ3n) is 4.32. The van der Waals surface area contributed by atoms with Crippen molar-refractivity contribution in [3.63, 3.8) is 0 Å². The molecule has 1 unspecified atom stereocenters. The van der Waals surface area contributed by atoms with Crippen molar-refractivity contribution in [2.24, 2.45) is 0 Å². The number of methoxy groups -OCH3 is 1. The molecule has 0 fully saturated rings. The number of nitrogens with one attached hydrogen (secondary N) is 1. The molecule has 26 heavy (non-hydrogen) atoms. The summed E-state index contributed by atoms with van der Waals surface area (Å²) in [6.07, 6.45) is 4.10. The van der Waals surface area contributed by atoms with Crippen molar-refractivity contribution < 1.29 is 9.53 Å². The average molecular weight is 346 g/mol. The van der Waals surface area contributed by atoms with Gasteiger partial charge in [0.15, 0.2) is 0 Å². The number of benzene rings is 2. The molecule has 1 aromatic heterocycles. The molecule has 0 aliphatic rings. The molecule has 0 aliphatic heterocycles. The number of pyridine rings is 1. The fraction of sp³-hybridized carbons (Fsp3) is 0.182. The molecule has 3 rings (SSSR count). The number of hydrogen-bond acceptors (Lipinski definition) is 3. The Kier molecular flexibility index (Phi) is 5.64. The first-order chi connectivity index (χ1) is 12.7. The molecule has 4 nitrogen and oxygen atoms in total. The van der Waals surface area contributed by atoms with Crippen molar-refractivity contribution >= 4 is 11.6 Å². The van der Waals surface area contributed by atoms with E-state index in [-0.39, 0.29) is 11.8 Å². The highest BCUT2D eigenvalue weighted by Gasteiger charge is 2.22. The summed E-state index contributed by atoms with van der Waals surface area (Å²) in [4.78, 5) is 17.2. The zero-order valence-electron chi connectivity index (χ0n) is 15.0. The van der Waals surface area contributed by atoms with E-state index in [1.54, 1.807) is 19.5 Å². The van der Waals surface area contributed by atoms with Crippen molar-refractivity contribution in [1.29, 1.82) is 0 Å². The summed E-state index contributed by atoms with van der Waals surface area (Å²) in [5.74, 6) is 0.292. The molecule has 132 valence electrons. The van der Waals surface area contributed by atoms with Crippen LogP contribution in [0.4, 0.5) is 5.69 Å². The molecule has 1 amide bonds. The van der Waals surface area contributed by atoms with E-state index in [0.29, 0.717) is 17.9 Å². The molecule has 4 heteroatoms. The lowest BCUT2D eigenvalue weighted by atomic mass is 9.91. The Morgan fingerprint density at radius 1 is 1.08 bits per heavy atom. The monoisotopic (exact) mass is 346 g/mol. The number of carbonyl (C=O) groups excluding carboxylic acids is 1. The Balaban J connectivity index is 1.89. The predicted octanol–water partition coefficient (Wildman–Crippen LogP) is 4.36. The Hall–Kier alpha value is -3.14. The second-order valence-corrected chi connectivity index (χ2v) is 6.22. The quantitative estimate of drug-likeness (QED) is 0.721. The summed E-state index contributed by atoms with van der Waals surface area (Å²) in [5.41, 5.74) is 3.80. The maximum absolute atomic E-state index is 13.1. The van der Waals surface area contributed by atoms with Gasteiger partial charge in [-0.15, -0.1) is 0 Å². The van der Waals surface area contributed by atoms with E-state index in [0.717, 1.165) is 16.7 Å². The average Bonchev–Trinajstić information content (AvgIpc) is 2.68. The number of aryl methyl sites for hydroxylation is 1. The summed E-state index contributed by atoms with van der Waals surface area (Å²) in [6.45, 7) is 1.99. The minimum Gasteiger partial charge on any atom is -0.495 e. The zero-order chi connectivity index (χ0) is 18.4. The molecule has 3 aromatic rings. The minimum absolute atomic E-state index is 0.0584. The van der Waals surface area contributed by atoms with Crippen LogP contribution >= 0.6 is 0 Å². The minimum atomic E-state index is -0.302. The predicted molar refractivity (Wildman–Crippen MR) is 103 cm³/mol. The van der Waals surface area contributed by atoms with Crippen molar-refractivity contribution in [2.75, 3.05) is 12.4 Å². The van der Waals surface area contributed by atoms with Crippen LogP contribution in [0.3, 0.4) is 0 Å². The van der Waals surface area contributed by atoms with Crippen LogP contribution in [0.5, 0.6) is 5.75 Å². The van der Waals surface area contributed by atoms with E-state index < -0.39 is 0 Å². The molecule has 1 heterocycles. The highest BCUT2D eigenvalue weighted by Crippen LogP contribution is 2.28. The molecule has 1 N–H and O–H groups in total. The van der Waals surface area contributed by atoms with Gasteiger partial charge in [-0.05, 0) is 54.3 Å². The third kappa shape index (κ3) is 4.28. The van der Waals surface area contributed by atoms with Gasteiger partial charge in [0.25, 0.3) is 0 Å². The first kappa shape index (κ1) is 17.7. The Labute approximate surface area is 153 Å². The lowest BCUT2D eigenvalue weighted by Gasteiger charge is -2.19. The molecule has 1 atom stereocenters. The Morgan fingerprint density at radius 2 is 1.81 bits per heavy atom. The zero-order valence-corrected chi connectivity index (χ0v) is 15.0. The van der Waals surface area contributed by atoms with Gasteiger partial charge in [-0.25, -0.2) is 0 Å². The van der Waals surface area contributed by atoms with Crippen LogP contribution in [0, 0.1) is 6.92 Å². The number of carbonyl (C=O) groups is 1. The van der Waals surface area contributed by atoms with Gasteiger partial charge in [-0.2, -0.15) is 0 Å². The van der Waals surface area contributed by atoms with Gasteiger partial charge in [-0.3, -0.25) is 9.78 Å². The van der Waals surface area contributed by atoms with Gasteiger partial charge in [0.05, 0.1) is 18.7 Å². The number of nitrogens with zero attached hydrogens (tertiary/aromatic N) is 1. The Bertz CT molecular complexity index is 864. The fourth-order valence-electron chi connectivity index (χ4n) is 2.94. The normalized spacial score (nSPS) is 11.6. The molecular weight excluding hydrogens is 324 g/mol. The molecular formula is C22H22N2O2. The van der Waals surface area contributed by atoms with Crippen LogP contribution in [-0.4, -0.2) is 18.0 Å². The molecule has 0 aliphatic carbocycles. The van der Waals surface area contributed by atoms with Crippen LogP contribution in [0.1, 0.15) is 22.6 Å². The summed E-state index contributed by atoms with van der Waals surface area (Å²) in [5, 5.41) is 3.04. The third-order valence-corrected chi connectivity index (χ3v) is 4.32. The van der Waals surface area contributed by atoms with Crippen LogP contribution in [0.25, 0.3) is 0 Å². The van der Waals surface area contributed by atoms with E-state index in [1.165, 1.54) is 0 Å². The molecule has 0 radical (unpaired) electrons. The maximum Gasteiger partial charge on any atom is 0.232 e. The smallest absolute Gasteiger partial charge is 0.232 e. The molecule has 0 spiro atoms. The van der Waals surface area contributed by atoms with Crippen molar-refractivity contribution in [2.45, 2.75) is 19.3 Å².